The highest BCUT2D eigenvalue weighted by molar-refractivity contribution is 6.31. The van der Waals surface area contributed by atoms with Crippen LogP contribution in [0.5, 0.6) is 0 Å². The molecule has 20 heavy (non-hydrogen) atoms. The van der Waals surface area contributed by atoms with Gasteiger partial charge in [-0.3, -0.25) is 4.79 Å². The fourth-order valence-corrected chi connectivity index (χ4v) is 2.31. The maximum atomic E-state index is 12.3. The lowest BCUT2D eigenvalue weighted by molar-refractivity contribution is 0.0882. The zero-order valence-corrected chi connectivity index (χ0v) is 12.4. The Morgan fingerprint density at radius 1 is 1.45 bits per heavy atom. The molecule has 1 unspecified atom stereocenters. The molecule has 5 heteroatoms. The van der Waals surface area contributed by atoms with Crippen LogP contribution in [0.2, 0.25) is 5.02 Å². The van der Waals surface area contributed by atoms with Gasteiger partial charge in [-0.05, 0) is 38.0 Å². The molecule has 4 nitrogen and oxygen atoms in total. The van der Waals surface area contributed by atoms with E-state index in [1.54, 1.807) is 18.2 Å². The lowest BCUT2D eigenvalue weighted by atomic mass is 9.95. The molecule has 0 aliphatic heterocycles. The van der Waals surface area contributed by atoms with E-state index in [4.69, 9.17) is 16.7 Å². The summed E-state index contributed by atoms with van der Waals surface area (Å²) in [6, 6.07) is 7.26. The summed E-state index contributed by atoms with van der Waals surface area (Å²) in [6.07, 6.45) is 1.28. The number of amides is 1. The van der Waals surface area contributed by atoms with Gasteiger partial charge in [-0.1, -0.05) is 24.6 Å². The number of aromatic nitrogens is 1. The highest BCUT2D eigenvalue weighted by atomic mass is 35.5. The van der Waals surface area contributed by atoms with Gasteiger partial charge in [0.25, 0.3) is 5.91 Å². The predicted molar refractivity (Wildman–Crippen MR) is 81.2 cm³/mol. The fourth-order valence-electron chi connectivity index (χ4n) is 2.14. The number of halogens is 1. The van der Waals surface area contributed by atoms with Crippen molar-refractivity contribution in [2.75, 3.05) is 6.61 Å². The number of hydrogen-bond donors (Lipinski definition) is 3. The molecule has 1 atom stereocenters. The molecule has 0 bridgehead atoms. The molecule has 0 fully saturated rings. The second kappa shape index (κ2) is 5.85. The molecule has 1 aromatic carbocycles. The lowest BCUT2D eigenvalue weighted by Gasteiger charge is -2.28. The number of carbonyl (C=O) groups is 1. The normalized spacial score (nSPS) is 14.2. The number of hydrogen-bond acceptors (Lipinski definition) is 2. The van der Waals surface area contributed by atoms with E-state index in [1.165, 1.54) is 0 Å². The zero-order valence-electron chi connectivity index (χ0n) is 11.7. The van der Waals surface area contributed by atoms with Crippen molar-refractivity contribution in [2.45, 2.75) is 32.2 Å². The first-order valence-corrected chi connectivity index (χ1v) is 7.07. The van der Waals surface area contributed by atoms with Gasteiger partial charge in [0.1, 0.15) is 5.69 Å². The number of carbonyl (C=O) groups excluding carboxylic acids is 1. The molecule has 0 aliphatic rings. The first-order chi connectivity index (χ1) is 9.47. The largest absolute Gasteiger partial charge is 0.396 e. The van der Waals surface area contributed by atoms with Crippen molar-refractivity contribution in [2.24, 2.45) is 0 Å². The van der Waals surface area contributed by atoms with Crippen LogP contribution < -0.4 is 5.32 Å². The summed E-state index contributed by atoms with van der Waals surface area (Å²) < 4.78 is 0. The average molecular weight is 295 g/mol. The van der Waals surface area contributed by atoms with E-state index in [-0.39, 0.29) is 12.5 Å². The molecule has 1 amide bonds. The topological polar surface area (TPSA) is 65.1 Å². The third-order valence-electron chi connectivity index (χ3n) is 3.69. The van der Waals surface area contributed by atoms with Gasteiger partial charge in [0.05, 0.1) is 0 Å². The molecule has 2 aromatic rings. The van der Waals surface area contributed by atoms with Gasteiger partial charge in [-0.25, -0.2) is 0 Å². The Morgan fingerprint density at radius 2 is 2.20 bits per heavy atom. The van der Waals surface area contributed by atoms with Gasteiger partial charge < -0.3 is 15.4 Å². The number of H-pyrrole nitrogens is 1. The maximum Gasteiger partial charge on any atom is 0.268 e. The minimum atomic E-state index is -0.402. The van der Waals surface area contributed by atoms with Crippen molar-refractivity contribution in [3.8, 4) is 0 Å². The predicted octanol–water partition coefficient (Wildman–Crippen LogP) is 3.10. The van der Waals surface area contributed by atoms with Crippen LogP contribution in [0.4, 0.5) is 0 Å². The lowest BCUT2D eigenvalue weighted by Crippen LogP contribution is -2.46. The third-order valence-corrected chi connectivity index (χ3v) is 3.92. The molecule has 0 spiro atoms. The van der Waals surface area contributed by atoms with Crippen LogP contribution in [-0.2, 0) is 0 Å². The molecule has 1 heterocycles. The van der Waals surface area contributed by atoms with E-state index in [9.17, 15) is 4.79 Å². The van der Waals surface area contributed by atoms with Gasteiger partial charge in [0, 0.05) is 28.1 Å². The van der Waals surface area contributed by atoms with Gasteiger partial charge in [-0.2, -0.15) is 0 Å². The highest BCUT2D eigenvalue weighted by Gasteiger charge is 2.24. The SMILES string of the molecule is CCC(C)(CCO)NC(=O)c1cc2ccc(Cl)cc2[nH]1. The average Bonchev–Trinajstić information content (AvgIpc) is 2.82. The Labute approximate surface area is 123 Å². The Bertz CT molecular complexity index is 623. The summed E-state index contributed by atoms with van der Waals surface area (Å²) in [5, 5.41) is 13.6. The first kappa shape index (κ1) is 14.9. The molecule has 0 aliphatic carbocycles. The van der Waals surface area contributed by atoms with Crippen molar-refractivity contribution in [3.05, 3.63) is 35.0 Å². The van der Waals surface area contributed by atoms with Crippen LogP contribution in [-0.4, -0.2) is 28.1 Å². The number of aliphatic hydroxyl groups excluding tert-OH is 1. The van der Waals surface area contributed by atoms with Crippen molar-refractivity contribution in [1.82, 2.24) is 10.3 Å². The van der Waals surface area contributed by atoms with E-state index in [0.717, 1.165) is 17.3 Å². The van der Waals surface area contributed by atoms with Crippen LogP contribution in [0.1, 0.15) is 37.2 Å². The number of rotatable bonds is 5. The summed E-state index contributed by atoms with van der Waals surface area (Å²) in [7, 11) is 0. The van der Waals surface area contributed by atoms with E-state index < -0.39 is 5.54 Å². The second-order valence-corrected chi connectivity index (χ2v) is 5.69. The molecule has 3 N–H and O–H groups in total. The Balaban J connectivity index is 2.22. The van der Waals surface area contributed by atoms with E-state index in [2.05, 4.69) is 10.3 Å². The van der Waals surface area contributed by atoms with Crippen molar-refractivity contribution in [1.29, 1.82) is 0 Å². The number of nitrogens with one attached hydrogen (secondary N) is 2. The second-order valence-electron chi connectivity index (χ2n) is 5.26. The number of aliphatic hydroxyl groups is 1. The Hall–Kier alpha value is -1.52. The van der Waals surface area contributed by atoms with Gasteiger partial charge in [0.2, 0.25) is 0 Å². The smallest absolute Gasteiger partial charge is 0.268 e. The van der Waals surface area contributed by atoms with Crippen LogP contribution in [0.25, 0.3) is 10.9 Å². The number of benzene rings is 1. The van der Waals surface area contributed by atoms with Crippen molar-refractivity contribution >= 4 is 28.4 Å². The molecule has 2 rings (SSSR count). The molecular formula is C15H19ClN2O2. The first-order valence-electron chi connectivity index (χ1n) is 6.69. The minimum Gasteiger partial charge on any atom is -0.396 e. The van der Waals surface area contributed by atoms with Gasteiger partial charge in [-0.15, -0.1) is 0 Å². The number of aromatic amines is 1. The molecule has 0 saturated carbocycles. The highest BCUT2D eigenvalue weighted by Crippen LogP contribution is 2.21. The molecule has 0 radical (unpaired) electrons. The van der Waals surface area contributed by atoms with Crippen molar-refractivity contribution in [3.63, 3.8) is 0 Å². The molecule has 0 saturated heterocycles. The molecular weight excluding hydrogens is 276 g/mol. The van der Waals surface area contributed by atoms with E-state index in [1.807, 2.05) is 19.9 Å². The quantitative estimate of drug-likeness (QED) is 0.793. The molecule has 108 valence electrons. The fraction of sp³-hybridized carbons (Fsp3) is 0.400. The van der Waals surface area contributed by atoms with E-state index >= 15 is 0 Å². The monoisotopic (exact) mass is 294 g/mol. The Kier molecular flexibility index (Phi) is 4.35. The maximum absolute atomic E-state index is 12.3. The summed E-state index contributed by atoms with van der Waals surface area (Å²) >= 11 is 5.93. The standard InChI is InChI=1S/C15H19ClN2O2/c1-3-15(2,6-7-19)18-14(20)13-8-10-4-5-11(16)9-12(10)17-13/h4-5,8-9,17,19H,3,6-7H2,1-2H3,(H,18,20). The van der Waals surface area contributed by atoms with Gasteiger partial charge >= 0.3 is 0 Å². The molecule has 1 aromatic heterocycles. The summed E-state index contributed by atoms with van der Waals surface area (Å²) in [6.45, 7) is 3.97. The van der Waals surface area contributed by atoms with Crippen molar-refractivity contribution < 1.29 is 9.90 Å². The minimum absolute atomic E-state index is 0.0485. The van der Waals surface area contributed by atoms with Gasteiger partial charge in [0.15, 0.2) is 0 Å². The van der Waals surface area contributed by atoms with Crippen LogP contribution in [0.15, 0.2) is 24.3 Å². The Morgan fingerprint density at radius 3 is 2.85 bits per heavy atom. The summed E-state index contributed by atoms with van der Waals surface area (Å²) in [5.41, 5.74) is 0.934. The summed E-state index contributed by atoms with van der Waals surface area (Å²) in [4.78, 5) is 15.4. The zero-order chi connectivity index (χ0) is 14.8. The van der Waals surface area contributed by atoms with Crippen LogP contribution in [0, 0.1) is 0 Å². The summed E-state index contributed by atoms with van der Waals surface area (Å²) in [5.74, 6) is -0.171. The third kappa shape index (κ3) is 3.14. The van der Waals surface area contributed by atoms with Crippen LogP contribution >= 0.6 is 11.6 Å². The van der Waals surface area contributed by atoms with E-state index in [0.29, 0.717) is 17.1 Å². The van der Waals surface area contributed by atoms with Crippen LogP contribution in [0.3, 0.4) is 0 Å². The number of fused-ring (bicyclic) bond motifs is 1.